The first-order valence-corrected chi connectivity index (χ1v) is 29.5. The van der Waals surface area contributed by atoms with Gasteiger partial charge in [0.25, 0.3) is 6.33 Å². The number of para-hydroxylation sites is 1. The molecule has 15 rings (SSSR count). The molecule has 0 fully saturated rings. The van der Waals surface area contributed by atoms with E-state index in [2.05, 4.69) is 39.2 Å². The first kappa shape index (κ1) is 32.5. The standard InChI is InChI=1S/C88H76N4O.Pt/c1-85(2,3)68-37-33-61(34-38-68)62-36-42-80-82(53-62)90(70-29-22-30-71(55-70)93-72-39-40-74-73-31-20-21-32-79(73)92(81(74)56-72)83-54-69(43-46-89-83)86(4,5)6)57-91(80)84-75(63-35-41-77-78(52-63)88(9,10)45-44-87(77,7)8)50-66(60-27-18-13-19-28-60)51-76(84)67-48-64(58-23-14-11-15-24-58)47-65(49-67)59-25-16-12-17-26-59;/h11-43,46-54H,44-45H2,1-10H3;/q-2;/i7D3,8D3,9D3,10D3,11D,12D,13D,14D,15D,16D,17D,18D,19D,23D,24D,25D,26D,27D,28D,35D,41D,44D2,45D2,47D,48D,49D,52D;. The number of pyridine rings is 1. The fourth-order valence-electron chi connectivity index (χ4n) is 11.5. The number of fused-ring (bicyclic) bond motifs is 5. The van der Waals surface area contributed by atoms with Crippen molar-refractivity contribution >= 4 is 32.8 Å². The number of imidazole rings is 1. The van der Waals surface area contributed by atoms with Crippen molar-refractivity contribution in [3.63, 3.8) is 0 Å². The minimum atomic E-state index is -4.94. The molecule has 0 N–H and O–H groups in total. The zero-order chi connectivity index (χ0) is 95.8. The molecule has 11 aromatic carbocycles. The molecule has 14 aromatic rings. The van der Waals surface area contributed by atoms with E-state index in [9.17, 15) is 30.2 Å². The Kier molecular flexibility index (Phi) is 8.29. The second-order valence-corrected chi connectivity index (χ2v) is 24.6. The minimum absolute atomic E-state index is 0. The van der Waals surface area contributed by atoms with Crippen molar-refractivity contribution in [1.29, 1.82) is 0 Å². The van der Waals surface area contributed by atoms with Crippen molar-refractivity contribution in [1.82, 2.24) is 14.1 Å². The Balaban J connectivity index is 0.0000138. The van der Waals surface area contributed by atoms with Crippen LogP contribution in [0.5, 0.6) is 11.5 Å². The van der Waals surface area contributed by atoms with E-state index in [1.807, 2.05) is 92.1 Å². The Morgan fingerprint density at radius 3 is 1.77 bits per heavy atom. The average Bonchev–Trinajstić information content (AvgIpc) is 0.692. The molecule has 0 atom stereocenters. The molecule has 0 radical (unpaired) electrons. The summed E-state index contributed by atoms with van der Waals surface area (Å²) in [5.74, 6) is 0.647. The summed E-state index contributed by atoms with van der Waals surface area (Å²) in [6.45, 7) is -6.35. The summed E-state index contributed by atoms with van der Waals surface area (Å²) >= 11 is 0. The molecule has 5 nitrogen and oxygen atoms in total. The SMILES string of the molecule is [2H]c1c([2H])c([2H])c(-c2cc(-c3c([2H])c(-c4c([2H])c([2H])c([2H])c([2H])c4[2H])c([2H])c(-c4c([2H])c([2H])c([2H])c([2H])c4[2H])c3[2H])c(-[n+]3[c-]n(-c4[c-]c(Oc5[c-]c6c(cc5)c5ccccc5n6-c5cc(C(C)(C)C)ccn5)ccc4)c4cc(-c5ccc(C(C)(C)C)cc5)ccc43)c(-c3c([2H])c([2H])c4c(c3[2H])C(C([2H])([2H])[2H])(C([2H])([2H])[2H])C([2H])([2H])C([2H])([2H])C4(C([2H])([2H])[2H])C([2H])([2H])[2H])c2)c([2H])c1[2H].[Pt]. The van der Waals surface area contributed by atoms with Crippen molar-refractivity contribution in [2.24, 2.45) is 0 Å². The fourth-order valence-corrected chi connectivity index (χ4v) is 11.5. The summed E-state index contributed by atoms with van der Waals surface area (Å²) in [7, 11) is 0. The number of nitrogens with zero attached hydrogens (tertiary/aromatic N) is 4. The summed E-state index contributed by atoms with van der Waals surface area (Å²) < 4.78 is 363. The Bertz CT molecular complexity index is 6980. The monoisotopic (exact) mass is 1440 g/mol. The van der Waals surface area contributed by atoms with Crippen LogP contribution >= 0.6 is 0 Å². The molecular weight excluding hydrogens is 1320 g/mol. The third kappa shape index (κ3) is 11.5. The van der Waals surface area contributed by atoms with E-state index in [1.165, 1.54) is 28.8 Å². The van der Waals surface area contributed by atoms with Crippen LogP contribution in [-0.4, -0.2) is 14.1 Å². The Hall–Kier alpha value is -9.67. The zero-order valence-electron chi connectivity index (χ0n) is 88.1. The predicted octanol–water partition coefficient (Wildman–Crippen LogP) is 22.5. The summed E-state index contributed by atoms with van der Waals surface area (Å²) in [4.78, 5) is 4.81. The van der Waals surface area contributed by atoms with Crippen LogP contribution < -0.4 is 9.30 Å². The maximum absolute atomic E-state index is 10.9. The van der Waals surface area contributed by atoms with E-state index in [1.54, 1.807) is 24.4 Å². The van der Waals surface area contributed by atoms with Crippen LogP contribution in [0.4, 0.5) is 0 Å². The van der Waals surface area contributed by atoms with Gasteiger partial charge in [0.05, 0.1) is 45.5 Å². The maximum atomic E-state index is 10.9. The molecule has 3 heterocycles. The van der Waals surface area contributed by atoms with Gasteiger partial charge in [-0.05, 0) is 189 Å². The number of hydrogen-bond donors (Lipinski definition) is 0. The first-order valence-electron chi connectivity index (χ1n) is 48.0. The Morgan fingerprint density at radius 1 is 0.500 bits per heavy atom. The molecule has 0 unspecified atom stereocenters. The molecule has 0 bridgehead atoms. The first-order chi connectivity index (χ1) is 60.1. The Labute approximate surface area is 620 Å². The molecule has 0 amide bonds. The number of benzene rings is 11. The van der Waals surface area contributed by atoms with Crippen molar-refractivity contribution < 1.29 is 81.1 Å². The van der Waals surface area contributed by atoms with Gasteiger partial charge in [-0.15, -0.1) is 29.7 Å². The molecule has 0 saturated heterocycles. The molecule has 94 heavy (non-hydrogen) atoms. The van der Waals surface area contributed by atoms with E-state index in [0.29, 0.717) is 22.5 Å². The predicted molar refractivity (Wildman–Crippen MR) is 385 cm³/mol. The summed E-state index contributed by atoms with van der Waals surface area (Å²) in [5.41, 5.74) is -21.5. The number of aromatic nitrogens is 4. The normalized spacial score (nSPS) is 20.9. The van der Waals surface area contributed by atoms with Crippen LogP contribution in [-0.2, 0) is 42.7 Å². The van der Waals surface area contributed by atoms with Gasteiger partial charge in [0, 0.05) is 66.2 Å². The van der Waals surface area contributed by atoms with Crippen molar-refractivity contribution in [3.8, 4) is 95.5 Å². The summed E-state index contributed by atoms with van der Waals surface area (Å²) in [6.07, 6.45) is -4.84. The molecule has 1 aliphatic rings. The smallest absolute Gasteiger partial charge is 0.268 e. The van der Waals surface area contributed by atoms with E-state index in [-0.39, 0.29) is 60.1 Å². The van der Waals surface area contributed by atoms with Crippen LogP contribution in [0.2, 0.25) is 0 Å². The van der Waals surface area contributed by atoms with Gasteiger partial charge >= 0.3 is 0 Å². The van der Waals surface area contributed by atoms with Crippen molar-refractivity contribution in [3.05, 3.63) is 295 Å². The maximum Gasteiger partial charge on any atom is 0.268 e. The van der Waals surface area contributed by atoms with Gasteiger partial charge in [-0.1, -0.05) is 238 Å². The topological polar surface area (TPSA) is 35.9 Å². The van der Waals surface area contributed by atoms with E-state index in [0.717, 1.165) is 44.1 Å². The van der Waals surface area contributed by atoms with Gasteiger partial charge in [0.1, 0.15) is 5.82 Å². The molecule has 3 aromatic heterocycles. The molecule has 0 aliphatic heterocycles. The van der Waals surface area contributed by atoms with E-state index in [4.69, 9.17) is 30.3 Å². The van der Waals surface area contributed by atoms with Crippen LogP contribution in [0, 0.1) is 18.5 Å². The molecule has 1 aliphatic carbocycles. The van der Waals surface area contributed by atoms with Gasteiger partial charge in [-0.3, -0.25) is 4.57 Å². The molecule has 0 saturated carbocycles. The molecular formula is C88H76N4OPt-2. The minimum Gasteiger partial charge on any atom is -0.510 e. The second kappa shape index (κ2) is 24.0. The van der Waals surface area contributed by atoms with Crippen LogP contribution in [0.15, 0.2) is 254 Å². The van der Waals surface area contributed by atoms with Crippen molar-refractivity contribution in [2.45, 2.75) is 103 Å². The molecule has 6 heteroatoms. The fraction of sp³-hybridized carbons (Fsp3) is 0.182. The third-order valence-corrected chi connectivity index (χ3v) is 16.3. The average molecular weight is 1440 g/mol. The largest absolute Gasteiger partial charge is 0.510 e. The second-order valence-electron chi connectivity index (χ2n) is 24.6. The molecule has 466 valence electrons. The summed E-state index contributed by atoms with van der Waals surface area (Å²) in [6, 6.07) is 14.2. The van der Waals surface area contributed by atoms with Crippen LogP contribution in [0.1, 0.15) is 155 Å². The van der Waals surface area contributed by atoms with Crippen LogP contribution in [0.3, 0.4) is 0 Å². The quantitative estimate of drug-likeness (QED) is 0.0956. The molecule has 0 spiro atoms. The Morgan fingerprint density at radius 2 is 1.11 bits per heavy atom. The third-order valence-electron chi connectivity index (χ3n) is 16.3. The van der Waals surface area contributed by atoms with Gasteiger partial charge < -0.3 is 13.9 Å². The number of hydrogen-bond acceptors (Lipinski definition) is 2. The van der Waals surface area contributed by atoms with Gasteiger partial charge in [-0.2, -0.15) is 18.2 Å². The zero-order valence-corrected chi connectivity index (χ0v) is 53.4. The summed E-state index contributed by atoms with van der Waals surface area (Å²) in [5, 5.41) is 1.60. The van der Waals surface area contributed by atoms with Crippen molar-refractivity contribution in [2.75, 3.05) is 0 Å². The van der Waals surface area contributed by atoms with Crippen LogP contribution in [0.25, 0.3) is 117 Å². The van der Waals surface area contributed by atoms with Gasteiger partial charge in [0.2, 0.25) is 0 Å². The van der Waals surface area contributed by atoms with Gasteiger partial charge in [-0.25, -0.2) is 4.98 Å². The van der Waals surface area contributed by atoms with Gasteiger partial charge in [0.15, 0.2) is 0 Å². The van der Waals surface area contributed by atoms with E-state index >= 15 is 0 Å². The number of ether oxygens (including phenoxy) is 1. The van der Waals surface area contributed by atoms with E-state index < -0.39 is 250 Å². The number of rotatable bonds is 11.